The predicted molar refractivity (Wildman–Crippen MR) is 105 cm³/mol. The van der Waals surface area contributed by atoms with Gasteiger partial charge < -0.3 is 15.0 Å². The van der Waals surface area contributed by atoms with Crippen LogP contribution in [-0.2, 0) is 9.59 Å². The second-order valence-corrected chi connectivity index (χ2v) is 7.73. The smallest absolute Gasteiger partial charge is 0.260 e. The van der Waals surface area contributed by atoms with Gasteiger partial charge in [0.25, 0.3) is 5.91 Å². The topological polar surface area (TPSA) is 61.9 Å². The minimum absolute atomic E-state index is 0.0114. The van der Waals surface area contributed by atoms with Crippen molar-refractivity contribution in [3.8, 4) is 5.75 Å². The fourth-order valence-corrected chi connectivity index (χ4v) is 4.09. The average molecular weight is 373 g/mol. The largest absolute Gasteiger partial charge is 0.483 e. The first-order valence-corrected chi connectivity index (χ1v) is 9.97. The molecule has 148 valence electrons. The normalized spacial score (nSPS) is 21.0. The lowest BCUT2D eigenvalue weighted by molar-refractivity contribution is -0.145. The highest BCUT2D eigenvalue weighted by Crippen LogP contribution is 2.31. The number of hydrogen-bond donors (Lipinski definition) is 1. The third-order valence-corrected chi connectivity index (χ3v) is 6.24. The van der Waals surface area contributed by atoms with E-state index in [1.807, 2.05) is 30.1 Å². The van der Waals surface area contributed by atoms with Crippen molar-refractivity contribution in [2.45, 2.75) is 44.6 Å². The molecule has 2 saturated heterocycles. The summed E-state index contributed by atoms with van der Waals surface area (Å²) in [6, 6.07) is 7.94. The van der Waals surface area contributed by atoms with Crippen molar-refractivity contribution in [2.24, 2.45) is 0 Å². The molecule has 0 saturated carbocycles. The van der Waals surface area contributed by atoms with Gasteiger partial charge in [-0.05, 0) is 43.9 Å². The van der Waals surface area contributed by atoms with E-state index in [1.54, 1.807) is 0 Å². The molecule has 27 heavy (non-hydrogen) atoms. The van der Waals surface area contributed by atoms with Crippen LogP contribution in [0.25, 0.3) is 0 Å². The monoisotopic (exact) mass is 373 g/mol. The molecule has 2 fully saturated rings. The highest BCUT2D eigenvalue weighted by molar-refractivity contribution is 5.87. The number of nitrogens with one attached hydrogen (secondary N) is 1. The number of amides is 2. The molecule has 1 atom stereocenters. The number of carbonyl (C=O) groups excluding carboxylic acids is 2. The molecule has 2 aliphatic heterocycles. The Labute approximate surface area is 161 Å². The van der Waals surface area contributed by atoms with Crippen LogP contribution in [-0.4, -0.2) is 67.0 Å². The number of hydrogen-bond acceptors (Lipinski definition) is 4. The molecule has 6 heteroatoms. The van der Waals surface area contributed by atoms with Crippen LogP contribution in [0, 0.1) is 0 Å². The lowest BCUT2D eigenvalue weighted by atomic mass is 9.83. The highest BCUT2D eigenvalue weighted by atomic mass is 16.5. The number of piperidine rings is 1. The van der Waals surface area contributed by atoms with Crippen molar-refractivity contribution in [3.05, 3.63) is 29.8 Å². The Bertz CT molecular complexity index is 683. The first-order valence-electron chi connectivity index (χ1n) is 9.97. The molecule has 0 aromatic heterocycles. The van der Waals surface area contributed by atoms with E-state index in [1.165, 1.54) is 0 Å². The lowest BCUT2D eigenvalue weighted by Gasteiger charge is -2.48. The summed E-state index contributed by atoms with van der Waals surface area (Å²) < 4.78 is 5.87. The van der Waals surface area contributed by atoms with Crippen LogP contribution in [0.3, 0.4) is 0 Å². The molecule has 1 aromatic carbocycles. The molecule has 0 radical (unpaired) electrons. The number of likely N-dealkylation sites (N-methyl/N-ethyl adjacent to an activating group) is 1. The quantitative estimate of drug-likeness (QED) is 0.858. The van der Waals surface area contributed by atoms with Crippen LogP contribution in [0.4, 0.5) is 0 Å². The molecule has 2 amide bonds. The number of carbonyl (C=O) groups is 2. The van der Waals surface area contributed by atoms with E-state index in [-0.39, 0.29) is 18.4 Å². The Balaban J connectivity index is 1.57. The Morgan fingerprint density at radius 1 is 1.26 bits per heavy atom. The number of nitrogens with zero attached hydrogens (tertiary/aromatic N) is 2. The number of ether oxygens (including phenoxy) is 1. The van der Waals surface area contributed by atoms with Gasteiger partial charge in [-0.1, -0.05) is 32.0 Å². The number of piperazine rings is 1. The van der Waals surface area contributed by atoms with Crippen LogP contribution in [0.2, 0.25) is 0 Å². The summed E-state index contributed by atoms with van der Waals surface area (Å²) in [5.41, 5.74) is 0.685. The molecule has 2 heterocycles. The molecule has 0 aliphatic carbocycles. The Morgan fingerprint density at radius 3 is 2.63 bits per heavy atom. The van der Waals surface area contributed by atoms with Crippen molar-refractivity contribution in [1.29, 1.82) is 0 Å². The van der Waals surface area contributed by atoms with Crippen LogP contribution < -0.4 is 10.1 Å². The van der Waals surface area contributed by atoms with Crippen molar-refractivity contribution in [2.75, 3.05) is 39.8 Å². The average Bonchev–Trinajstić information content (AvgIpc) is 2.70. The molecule has 0 bridgehead atoms. The van der Waals surface area contributed by atoms with Gasteiger partial charge >= 0.3 is 0 Å². The first kappa shape index (κ1) is 19.7. The van der Waals surface area contributed by atoms with E-state index in [0.29, 0.717) is 38.4 Å². The predicted octanol–water partition coefficient (Wildman–Crippen LogP) is 2.00. The second-order valence-electron chi connectivity index (χ2n) is 7.73. The Kier molecular flexibility index (Phi) is 6.05. The van der Waals surface area contributed by atoms with Gasteiger partial charge in [0.05, 0.1) is 0 Å². The summed E-state index contributed by atoms with van der Waals surface area (Å²) in [4.78, 5) is 29.0. The standard InChI is InChI=1S/C21H31N3O3/c1-4-16(2)17-7-5-6-8-18(17)27-15-19(25)24-12-9-21(10-13-24)20(26)22-11-14-23(21)3/h5-8,16H,4,9-15H2,1-3H3,(H,22,26). The zero-order chi connectivity index (χ0) is 19.4. The summed E-state index contributed by atoms with van der Waals surface area (Å²) in [6.07, 6.45) is 2.37. The summed E-state index contributed by atoms with van der Waals surface area (Å²) in [5, 5.41) is 2.98. The molecular weight excluding hydrogens is 342 g/mol. The van der Waals surface area contributed by atoms with Crippen molar-refractivity contribution >= 4 is 11.8 Å². The van der Waals surface area contributed by atoms with Gasteiger partial charge in [-0.25, -0.2) is 0 Å². The molecule has 1 spiro atoms. The van der Waals surface area contributed by atoms with Gasteiger partial charge in [-0.2, -0.15) is 0 Å². The van der Waals surface area contributed by atoms with Gasteiger partial charge in [0.1, 0.15) is 11.3 Å². The molecule has 1 aromatic rings. The van der Waals surface area contributed by atoms with Crippen LogP contribution in [0.15, 0.2) is 24.3 Å². The molecule has 6 nitrogen and oxygen atoms in total. The highest BCUT2D eigenvalue weighted by Gasteiger charge is 2.46. The van der Waals surface area contributed by atoms with Gasteiger partial charge in [0.15, 0.2) is 6.61 Å². The van der Waals surface area contributed by atoms with Crippen LogP contribution >= 0.6 is 0 Å². The van der Waals surface area contributed by atoms with E-state index >= 15 is 0 Å². The maximum Gasteiger partial charge on any atom is 0.260 e. The maximum absolute atomic E-state index is 12.6. The fourth-order valence-electron chi connectivity index (χ4n) is 4.09. The SMILES string of the molecule is CCC(C)c1ccccc1OCC(=O)N1CCC2(CC1)C(=O)NCCN2C. The van der Waals surface area contributed by atoms with Gasteiger partial charge in [0.2, 0.25) is 5.91 Å². The Morgan fingerprint density at radius 2 is 1.96 bits per heavy atom. The summed E-state index contributed by atoms with van der Waals surface area (Å²) in [5.74, 6) is 1.27. The molecular formula is C21H31N3O3. The maximum atomic E-state index is 12.6. The number of likely N-dealkylation sites (tertiary alicyclic amines) is 1. The zero-order valence-corrected chi connectivity index (χ0v) is 16.7. The van der Waals surface area contributed by atoms with Gasteiger partial charge in [-0.15, -0.1) is 0 Å². The molecule has 2 aliphatic rings. The van der Waals surface area contributed by atoms with Crippen molar-refractivity contribution in [3.63, 3.8) is 0 Å². The summed E-state index contributed by atoms with van der Waals surface area (Å²) in [6.45, 7) is 7.09. The van der Waals surface area contributed by atoms with E-state index in [0.717, 1.165) is 24.3 Å². The first-order chi connectivity index (χ1) is 13.0. The third-order valence-electron chi connectivity index (χ3n) is 6.24. The van der Waals surface area contributed by atoms with E-state index in [9.17, 15) is 9.59 Å². The fraction of sp³-hybridized carbons (Fsp3) is 0.619. The van der Waals surface area contributed by atoms with Crippen LogP contribution in [0.1, 0.15) is 44.6 Å². The lowest BCUT2D eigenvalue weighted by Crippen LogP contribution is -2.67. The Hall–Kier alpha value is -2.08. The second kappa shape index (κ2) is 8.30. The zero-order valence-electron chi connectivity index (χ0n) is 16.7. The van der Waals surface area contributed by atoms with E-state index < -0.39 is 5.54 Å². The summed E-state index contributed by atoms with van der Waals surface area (Å²) >= 11 is 0. The molecule has 3 rings (SSSR count). The van der Waals surface area contributed by atoms with Gasteiger partial charge in [0, 0.05) is 26.2 Å². The van der Waals surface area contributed by atoms with Gasteiger partial charge in [-0.3, -0.25) is 14.5 Å². The van der Waals surface area contributed by atoms with Crippen molar-refractivity contribution in [1.82, 2.24) is 15.1 Å². The minimum atomic E-state index is -0.459. The van der Waals surface area contributed by atoms with E-state index in [2.05, 4.69) is 30.1 Å². The number of benzene rings is 1. The number of para-hydroxylation sites is 1. The molecule has 1 unspecified atom stereocenters. The minimum Gasteiger partial charge on any atom is -0.483 e. The van der Waals surface area contributed by atoms with Crippen molar-refractivity contribution < 1.29 is 14.3 Å². The third kappa shape index (κ3) is 3.95. The van der Waals surface area contributed by atoms with Crippen LogP contribution in [0.5, 0.6) is 5.75 Å². The van der Waals surface area contributed by atoms with E-state index in [4.69, 9.17) is 4.74 Å². The number of rotatable bonds is 5. The summed E-state index contributed by atoms with van der Waals surface area (Å²) in [7, 11) is 2.01. The molecule has 1 N–H and O–H groups in total.